The summed E-state index contributed by atoms with van der Waals surface area (Å²) >= 11 is 0. The fourth-order valence-corrected chi connectivity index (χ4v) is 4.36. The standard InChI is InChI=1S/C26H23FN6O6/c1-15(14-38-2)31-12-18-23(25(31)36)32(13-21(34)29-20-9-8-16(27)11-28-20)22-10-19(30-33(22)24(18)35)26(37)39-17-6-4-3-5-7-17/h3-11,15H,12-14H2,1-2H3,(H,28,29,34)/t15-/m1/s1. The van der Waals surface area contributed by atoms with E-state index in [1.54, 1.807) is 37.3 Å². The van der Waals surface area contributed by atoms with Gasteiger partial charge in [0.05, 0.1) is 31.0 Å². The molecule has 0 saturated heterocycles. The van der Waals surface area contributed by atoms with Gasteiger partial charge >= 0.3 is 5.97 Å². The molecule has 0 aliphatic carbocycles. The van der Waals surface area contributed by atoms with Crippen molar-refractivity contribution in [1.82, 2.24) is 24.1 Å². The van der Waals surface area contributed by atoms with E-state index in [1.165, 1.54) is 28.7 Å². The third kappa shape index (κ3) is 4.99. The first-order valence-electron chi connectivity index (χ1n) is 11.9. The van der Waals surface area contributed by atoms with Crippen LogP contribution in [0.4, 0.5) is 10.2 Å². The third-order valence-corrected chi connectivity index (χ3v) is 6.16. The molecular formula is C26H23FN6O6. The maximum atomic E-state index is 13.5. The number of carbonyl (C=O) groups is 3. The lowest BCUT2D eigenvalue weighted by Crippen LogP contribution is -2.37. The van der Waals surface area contributed by atoms with Crippen molar-refractivity contribution in [2.75, 3.05) is 19.0 Å². The number of anilines is 1. The SMILES string of the molecule is COC[C@@H](C)N1Cc2c(n(CC(=O)Nc3ccc(F)cn3)c3cc(C(=O)Oc4ccccc4)nn3c2=O)C1=O. The molecule has 13 heteroatoms. The van der Waals surface area contributed by atoms with E-state index in [4.69, 9.17) is 9.47 Å². The lowest BCUT2D eigenvalue weighted by Gasteiger charge is -2.23. The summed E-state index contributed by atoms with van der Waals surface area (Å²) in [6.45, 7) is 1.55. The Hall–Kier alpha value is -4.91. The Labute approximate surface area is 220 Å². The van der Waals surface area contributed by atoms with Crippen LogP contribution < -0.4 is 15.6 Å². The van der Waals surface area contributed by atoms with Crippen molar-refractivity contribution in [1.29, 1.82) is 0 Å². The molecule has 0 saturated carbocycles. The normalized spacial score (nSPS) is 13.4. The summed E-state index contributed by atoms with van der Waals surface area (Å²) in [6.07, 6.45) is 0.949. The molecule has 1 aliphatic rings. The summed E-state index contributed by atoms with van der Waals surface area (Å²) < 4.78 is 26.0. The zero-order chi connectivity index (χ0) is 27.7. The van der Waals surface area contributed by atoms with Gasteiger partial charge in [-0.2, -0.15) is 9.61 Å². The molecule has 2 amide bonds. The van der Waals surface area contributed by atoms with E-state index in [2.05, 4.69) is 15.4 Å². The number of rotatable bonds is 8. The van der Waals surface area contributed by atoms with Gasteiger partial charge in [0.1, 0.15) is 35.3 Å². The number of fused-ring (bicyclic) bond motifs is 2. The zero-order valence-corrected chi connectivity index (χ0v) is 21.0. The number of aromatic nitrogens is 4. The number of nitrogens with zero attached hydrogens (tertiary/aromatic N) is 5. The fourth-order valence-electron chi connectivity index (χ4n) is 4.36. The second kappa shape index (κ2) is 10.5. The highest BCUT2D eigenvalue weighted by molar-refractivity contribution is 5.99. The number of hydrogen-bond donors (Lipinski definition) is 1. The van der Waals surface area contributed by atoms with Crippen molar-refractivity contribution in [2.24, 2.45) is 0 Å². The average molecular weight is 535 g/mol. The van der Waals surface area contributed by atoms with Crippen LogP contribution in [0.2, 0.25) is 0 Å². The van der Waals surface area contributed by atoms with Crippen molar-refractivity contribution in [3.63, 3.8) is 0 Å². The molecule has 1 atom stereocenters. The van der Waals surface area contributed by atoms with Gasteiger partial charge in [0.15, 0.2) is 5.69 Å². The van der Waals surface area contributed by atoms with Gasteiger partial charge in [-0.15, -0.1) is 0 Å². The quantitative estimate of drug-likeness (QED) is 0.267. The van der Waals surface area contributed by atoms with Gasteiger partial charge in [-0.1, -0.05) is 18.2 Å². The maximum Gasteiger partial charge on any atom is 0.364 e. The number of hydrogen-bond acceptors (Lipinski definition) is 8. The third-order valence-electron chi connectivity index (χ3n) is 6.16. The van der Waals surface area contributed by atoms with Gasteiger partial charge in [0, 0.05) is 13.2 Å². The minimum atomic E-state index is -0.822. The number of para-hydroxylation sites is 1. The molecule has 0 spiro atoms. The van der Waals surface area contributed by atoms with Crippen molar-refractivity contribution in [3.8, 4) is 5.75 Å². The Morgan fingerprint density at radius 3 is 2.62 bits per heavy atom. The number of pyridine rings is 1. The van der Waals surface area contributed by atoms with Crippen LogP contribution in [-0.4, -0.2) is 61.6 Å². The molecular weight excluding hydrogens is 511 g/mol. The van der Waals surface area contributed by atoms with Crippen LogP contribution in [0.3, 0.4) is 0 Å². The molecule has 5 rings (SSSR count). The summed E-state index contributed by atoms with van der Waals surface area (Å²) in [6, 6.07) is 11.7. The van der Waals surface area contributed by atoms with Crippen LogP contribution in [0.15, 0.2) is 59.5 Å². The molecule has 200 valence electrons. The summed E-state index contributed by atoms with van der Waals surface area (Å²) in [5.74, 6) is -2.10. The molecule has 12 nitrogen and oxygen atoms in total. The van der Waals surface area contributed by atoms with Crippen molar-refractivity contribution in [2.45, 2.75) is 26.1 Å². The van der Waals surface area contributed by atoms with Gasteiger partial charge in [0.25, 0.3) is 11.5 Å². The van der Waals surface area contributed by atoms with Crippen molar-refractivity contribution < 1.29 is 28.2 Å². The number of esters is 1. The predicted molar refractivity (Wildman–Crippen MR) is 135 cm³/mol. The van der Waals surface area contributed by atoms with Crippen LogP contribution in [0.5, 0.6) is 5.75 Å². The first kappa shape index (κ1) is 25.7. The minimum Gasteiger partial charge on any atom is -0.422 e. The van der Waals surface area contributed by atoms with Crippen molar-refractivity contribution >= 4 is 29.2 Å². The van der Waals surface area contributed by atoms with E-state index in [0.717, 1.165) is 16.8 Å². The zero-order valence-electron chi connectivity index (χ0n) is 21.0. The van der Waals surface area contributed by atoms with Gasteiger partial charge in [-0.25, -0.2) is 14.2 Å². The Kier molecular flexibility index (Phi) is 6.90. The largest absolute Gasteiger partial charge is 0.422 e. The molecule has 3 aromatic heterocycles. The highest BCUT2D eigenvalue weighted by Crippen LogP contribution is 2.25. The fraction of sp³-hybridized carbons (Fsp3) is 0.231. The number of ether oxygens (including phenoxy) is 2. The maximum absolute atomic E-state index is 13.5. The average Bonchev–Trinajstić information content (AvgIpc) is 3.52. The molecule has 0 bridgehead atoms. The van der Waals surface area contributed by atoms with Gasteiger partial charge in [-0.3, -0.25) is 14.4 Å². The first-order valence-corrected chi connectivity index (χ1v) is 11.9. The smallest absolute Gasteiger partial charge is 0.364 e. The second-order valence-corrected chi connectivity index (χ2v) is 8.87. The minimum absolute atomic E-state index is 0.000505. The molecule has 4 aromatic rings. The molecule has 1 aliphatic heterocycles. The summed E-state index contributed by atoms with van der Waals surface area (Å²) in [7, 11) is 1.50. The van der Waals surface area contributed by atoms with Crippen LogP contribution >= 0.6 is 0 Å². The number of benzene rings is 1. The second-order valence-electron chi connectivity index (χ2n) is 8.87. The summed E-state index contributed by atoms with van der Waals surface area (Å²) in [5.41, 5.74) is -0.632. The molecule has 1 aromatic carbocycles. The number of halogens is 1. The lowest BCUT2D eigenvalue weighted by atomic mass is 10.2. The Bertz CT molecular complexity index is 1630. The van der Waals surface area contributed by atoms with E-state index in [1.807, 2.05) is 0 Å². The molecule has 0 radical (unpaired) electrons. The molecule has 0 unspecified atom stereocenters. The first-order chi connectivity index (χ1) is 18.8. The Morgan fingerprint density at radius 1 is 1.15 bits per heavy atom. The van der Waals surface area contributed by atoms with E-state index in [0.29, 0.717) is 0 Å². The van der Waals surface area contributed by atoms with Crippen LogP contribution in [0, 0.1) is 5.82 Å². The molecule has 39 heavy (non-hydrogen) atoms. The van der Waals surface area contributed by atoms with Crippen LogP contribution in [0.1, 0.15) is 33.5 Å². The summed E-state index contributed by atoms with van der Waals surface area (Å²) in [4.78, 5) is 58.0. The predicted octanol–water partition coefficient (Wildman–Crippen LogP) is 1.88. The molecule has 0 fully saturated rings. The van der Waals surface area contributed by atoms with Crippen LogP contribution in [-0.2, 0) is 22.6 Å². The number of carbonyl (C=O) groups excluding carboxylic acids is 3. The van der Waals surface area contributed by atoms with Gasteiger partial charge in [-0.05, 0) is 31.2 Å². The number of amides is 2. The number of nitrogens with one attached hydrogen (secondary N) is 1. The van der Waals surface area contributed by atoms with Gasteiger partial charge in [0.2, 0.25) is 5.91 Å². The van der Waals surface area contributed by atoms with E-state index >= 15 is 0 Å². The number of methoxy groups -OCH3 is 1. The highest BCUT2D eigenvalue weighted by atomic mass is 19.1. The Balaban J connectivity index is 1.56. The van der Waals surface area contributed by atoms with Crippen LogP contribution in [0.25, 0.3) is 5.65 Å². The summed E-state index contributed by atoms with van der Waals surface area (Å²) in [5, 5.41) is 6.68. The van der Waals surface area contributed by atoms with Crippen molar-refractivity contribution in [3.05, 3.63) is 87.9 Å². The monoisotopic (exact) mass is 534 g/mol. The lowest BCUT2D eigenvalue weighted by molar-refractivity contribution is -0.116. The molecule has 4 heterocycles. The van der Waals surface area contributed by atoms with Gasteiger partial charge < -0.3 is 24.3 Å². The topological polar surface area (TPSA) is 137 Å². The highest BCUT2D eigenvalue weighted by Gasteiger charge is 2.37. The van der Waals surface area contributed by atoms with E-state index in [-0.39, 0.29) is 53.4 Å². The van der Waals surface area contributed by atoms with E-state index < -0.39 is 35.7 Å². The Morgan fingerprint density at radius 2 is 1.92 bits per heavy atom. The molecule has 1 N–H and O–H groups in total. The van der Waals surface area contributed by atoms with E-state index in [9.17, 15) is 23.6 Å².